The molecule has 0 rings (SSSR count). The van der Waals surface area contributed by atoms with Crippen molar-refractivity contribution in [2.75, 3.05) is 19.8 Å². The maximum Gasteiger partial charge on any atom is 0.0652 e. The van der Waals surface area contributed by atoms with E-state index < -0.39 is 0 Å². The molecule has 0 aliphatic heterocycles. The van der Waals surface area contributed by atoms with E-state index in [1.165, 1.54) is 0 Å². The van der Waals surface area contributed by atoms with Crippen LogP contribution in [-0.4, -0.2) is 24.9 Å². The zero-order chi connectivity index (χ0) is 6.95. The lowest BCUT2D eigenvalue weighted by atomic mass is 10.5. The van der Waals surface area contributed by atoms with Crippen LogP contribution in [0.5, 0.6) is 0 Å². The van der Waals surface area contributed by atoms with Crippen molar-refractivity contribution >= 4 is 0 Å². The number of hydrogen-bond acceptors (Lipinski definition) is 2. The summed E-state index contributed by atoms with van der Waals surface area (Å²) >= 11 is 0. The largest absolute Gasteiger partial charge is 0.392 e. The van der Waals surface area contributed by atoms with Gasteiger partial charge in [0.05, 0.1) is 19.8 Å². The van der Waals surface area contributed by atoms with Gasteiger partial charge in [0, 0.05) is 0 Å². The van der Waals surface area contributed by atoms with Gasteiger partial charge in [-0.3, -0.25) is 0 Å². The van der Waals surface area contributed by atoms with Gasteiger partial charge in [0.1, 0.15) is 0 Å². The van der Waals surface area contributed by atoms with Crippen molar-refractivity contribution in [2.24, 2.45) is 0 Å². The van der Waals surface area contributed by atoms with Crippen LogP contribution in [-0.2, 0) is 4.74 Å². The lowest BCUT2D eigenvalue weighted by Crippen LogP contribution is -1.89. The Bertz CT molecular complexity index is 86.9. The predicted molar refractivity (Wildman–Crippen MR) is 37.2 cm³/mol. The van der Waals surface area contributed by atoms with E-state index in [2.05, 4.69) is 6.58 Å². The topological polar surface area (TPSA) is 29.5 Å². The van der Waals surface area contributed by atoms with Gasteiger partial charge in [-0.05, 0) is 0 Å². The maximum absolute atomic E-state index is 8.26. The standard InChI is InChI=1S/C7H12O2/c1-2-6-9-7-4-3-5-8/h2-4,8H,1,5-7H2/b4-3+. The first-order valence-electron chi connectivity index (χ1n) is 2.86. The third-order valence-corrected chi connectivity index (χ3v) is 0.722. The molecule has 0 aromatic heterocycles. The molecule has 1 N–H and O–H groups in total. The molecule has 0 fully saturated rings. The Balaban J connectivity index is 2.90. The Morgan fingerprint density at radius 1 is 1.33 bits per heavy atom. The lowest BCUT2D eigenvalue weighted by Gasteiger charge is -1.91. The molecule has 2 heteroatoms. The Morgan fingerprint density at radius 3 is 2.67 bits per heavy atom. The first-order valence-corrected chi connectivity index (χ1v) is 2.86. The molecule has 0 heterocycles. The minimum atomic E-state index is 0.0808. The molecular formula is C7H12O2. The van der Waals surface area contributed by atoms with Crippen LogP contribution in [0.15, 0.2) is 24.8 Å². The summed E-state index contributed by atoms with van der Waals surface area (Å²) in [6.45, 7) is 4.67. The highest BCUT2D eigenvalue weighted by atomic mass is 16.5. The van der Waals surface area contributed by atoms with E-state index in [9.17, 15) is 0 Å². The molecular weight excluding hydrogens is 116 g/mol. The van der Waals surface area contributed by atoms with Crippen LogP contribution in [0.2, 0.25) is 0 Å². The van der Waals surface area contributed by atoms with Crippen molar-refractivity contribution in [3.63, 3.8) is 0 Å². The van der Waals surface area contributed by atoms with Gasteiger partial charge < -0.3 is 9.84 Å². The third-order valence-electron chi connectivity index (χ3n) is 0.722. The van der Waals surface area contributed by atoms with Crippen molar-refractivity contribution in [1.29, 1.82) is 0 Å². The van der Waals surface area contributed by atoms with Crippen molar-refractivity contribution in [3.8, 4) is 0 Å². The Kier molecular flexibility index (Phi) is 6.91. The van der Waals surface area contributed by atoms with Crippen molar-refractivity contribution in [2.45, 2.75) is 0 Å². The van der Waals surface area contributed by atoms with Gasteiger partial charge in [-0.25, -0.2) is 0 Å². The summed E-state index contributed by atoms with van der Waals surface area (Å²) in [5, 5.41) is 8.26. The summed E-state index contributed by atoms with van der Waals surface area (Å²) in [5.41, 5.74) is 0. The number of hydrogen-bond donors (Lipinski definition) is 1. The fourth-order valence-corrected chi connectivity index (χ4v) is 0.362. The molecule has 2 nitrogen and oxygen atoms in total. The fraction of sp³-hybridized carbons (Fsp3) is 0.429. The molecule has 0 saturated heterocycles. The monoisotopic (exact) mass is 128 g/mol. The van der Waals surface area contributed by atoms with E-state index in [-0.39, 0.29) is 6.61 Å². The van der Waals surface area contributed by atoms with Crippen LogP contribution >= 0.6 is 0 Å². The molecule has 0 bridgehead atoms. The Morgan fingerprint density at radius 2 is 2.11 bits per heavy atom. The molecule has 0 unspecified atom stereocenters. The predicted octanol–water partition coefficient (Wildman–Crippen LogP) is 0.737. The van der Waals surface area contributed by atoms with Crippen LogP contribution in [0.4, 0.5) is 0 Å². The first-order chi connectivity index (χ1) is 4.41. The number of aliphatic hydroxyl groups excluding tert-OH is 1. The second-order valence-electron chi connectivity index (χ2n) is 1.48. The van der Waals surface area contributed by atoms with E-state index in [1.807, 2.05) is 0 Å². The number of aliphatic hydroxyl groups is 1. The van der Waals surface area contributed by atoms with Crippen LogP contribution < -0.4 is 0 Å². The van der Waals surface area contributed by atoms with Crippen molar-refractivity contribution < 1.29 is 9.84 Å². The summed E-state index contributed by atoms with van der Waals surface area (Å²) in [6.07, 6.45) is 5.10. The molecule has 9 heavy (non-hydrogen) atoms. The number of ether oxygens (including phenoxy) is 1. The zero-order valence-corrected chi connectivity index (χ0v) is 5.42. The zero-order valence-electron chi connectivity index (χ0n) is 5.42. The third kappa shape index (κ3) is 7.40. The van der Waals surface area contributed by atoms with Gasteiger partial charge in [-0.15, -0.1) is 6.58 Å². The molecule has 0 amide bonds. The smallest absolute Gasteiger partial charge is 0.0652 e. The van der Waals surface area contributed by atoms with Crippen molar-refractivity contribution in [3.05, 3.63) is 24.8 Å². The molecule has 0 aliphatic carbocycles. The van der Waals surface area contributed by atoms with Crippen LogP contribution in [0.25, 0.3) is 0 Å². The van der Waals surface area contributed by atoms with E-state index in [4.69, 9.17) is 9.84 Å². The average Bonchev–Trinajstić information content (AvgIpc) is 1.89. The van der Waals surface area contributed by atoms with Gasteiger partial charge in [0.15, 0.2) is 0 Å². The SMILES string of the molecule is C=CCOC/C=C/CO. The van der Waals surface area contributed by atoms with Gasteiger partial charge >= 0.3 is 0 Å². The second kappa shape index (κ2) is 7.40. The molecule has 0 aliphatic rings. The van der Waals surface area contributed by atoms with E-state index >= 15 is 0 Å². The Hall–Kier alpha value is -0.600. The Labute approximate surface area is 55.5 Å². The summed E-state index contributed by atoms with van der Waals surface area (Å²) in [7, 11) is 0. The molecule has 0 radical (unpaired) electrons. The quantitative estimate of drug-likeness (QED) is 0.437. The molecule has 0 atom stereocenters. The molecule has 0 saturated carbocycles. The van der Waals surface area contributed by atoms with Gasteiger partial charge in [-0.1, -0.05) is 18.2 Å². The van der Waals surface area contributed by atoms with E-state index in [1.54, 1.807) is 18.2 Å². The lowest BCUT2D eigenvalue weighted by molar-refractivity contribution is 0.193. The summed E-state index contributed by atoms with van der Waals surface area (Å²) in [4.78, 5) is 0. The minimum Gasteiger partial charge on any atom is -0.392 e. The normalized spacial score (nSPS) is 10.3. The molecule has 52 valence electrons. The van der Waals surface area contributed by atoms with Crippen LogP contribution in [0, 0.1) is 0 Å². The summed E-state index contributed by atoms with van der Waals surface area (Å²) in [6, 6.07) is 0. The second-order valence-corrected chi connectivity index (χ2v) is 1.48. The average molecular weight is 128 g/mol. The highest BCUT2D eigenvalue weighted by molar-refractivity contribution is 4.80. The minimum absolute atomic E-state index is 0.0808. The van der Waals surface area contributed by atoms with E-state index in [0.717, 1.165) is 0 Å². The fourth-order valence-electron chi connectivity index (χ4n) is 0.362. The maximum atomic E-state index is 8.26. The van der Waals surface area contributed by atoms with Crippen LogP contribution in [0.3, 0.4) is 0 Å². The highest BCUT2D eigenvalue weighted by Gasteiger charge is 1.74. The van der Waals surface area contributed by atoms with Crippen LogP contribution in [0.1, 0.15) is 0 Å². The highest BCUT2D eigenvalue weighted by Crippen LogP contribution is 1.76. The van der Waals surface area contributed by atoms with Crippen molar-refractivity contribution in [1.82, 2.24) is 0 Å². The number of rotatable bonds is 5. The van der Waals surface area contributed by atoms with E-state index in [0.29, 0.717) is 13.2 Å². The first kappa shape index (κ1) is 8.40. The summed E-state index contributed by atoms with van der Waals surface area (Å²) < 4.78 is 4.97. The molecule has 0 spiro atoms. The summed E-state index contributed by atoms with van der Waals surface area (Å²) in [5.74, 6) is 0. The van der Waals surface area contributed by atoms with Gasteiger partial charge in [-0.2, -0.15) is 0 Å². The molecule has 0 aromatic rings. The van der Waals surface area contributed by atoms with Gasteiger partial charge in [0.25, 0.3) is 0 Å². The van der Waals surface area contributed by atoms with Gasteiger partial charge in [0.2, 0.25) is 0 Å². The molecule has 0 aromatic carbocycles.